The monoisotopic (exact) mass is 259 g/mol. The zero-order valence-electron chi connectivity index (χ0n) is 10.0. The van der Waals surface area contributed by atoms with Crippen LogP contribution in [-0.4, -0.2) is 48.7 Å². The first-order valence-electron chi connectivity index (χ1n) is 5.67. The summed E-state index contributed by atoms with van der Waals surface area (Å²) in [7, 11) is -3.43. The zero-order chi connectivity index (χ0) is 12.5. The van der Waals surface area contributed by atoms with Crippen molar-refractivity contribution in [3.05, 3.63) is 11.9 Å². The standard InChI is InChI=1S/C10H17N3O3S/c1-3-9-7-13(4-5-16-9)17(14,15)10-6-11-12-8(10)2/h6,9H,3-5,7H2,1-2H3,(H,11,12). The molecule has 1 aliphatic heterocycles. The molecule has 0 amide bonds. The van der Waals surface area contributed by atoms with E-state index in [2.05, 4.69) is 10.2 Å². The van der Waals surface area contributed by atoms with Gasteiger partial charge in [-0.2, -0.15) is 9.40 Å². The Balaban J connectivity index is 2.24. The third-order valence-electron chi connectivity index (χ3n) is 2.96. The van der Waals surface area contributed by atoms with Gasteiger partial charge in [-0.25, -0.2) is 8.42 Å². The molecular formula is C10H17N3O3S. The average molecular weight is 259 g/mol. The van der Waals surface area contributed by atoms with Gasteiger partial charge in [0.15, 0.2) is 0 Å². The van der Waals surface area contributed by atoms with E-state index in [0.717, 1.165) is 6.42 Å². The van der Waals surface area contributed by atoms with Crippen LogP contribution in [0.3, 0.4) is 0 Å². The fraction of sp³-hybridized carbons (Fsp3) is 0.700. The van der Waals surface area contributed by atoms with Crippen LogP contribution >= 0.6 is 0 Å². The summed E-state index contributed by atoms with van der Waals surface area (Å²) in [6, 6.07) is 0. The third kappa shape index (κ3) is 2.36. The Morgan fingerprint density at radius 1 is 1.65 bits per heavy atom. The topological polar surface area (TPSA) is 75.3 Å². The number of nitrogens with zero attached hydrogens (tertiary/aromatic N) is 2. The van der Waals surface area contributed by atoms with Gasteiger partial charge < -0.3 is 4.74 Å². The smallest absolute Gasteiger partial charge is 0.246 e. The lowest BCUT2D eigenvalue weighted by Gasteiger charge is -2.31. The molecule has 2 rings (SSSR count). The van der Waals surface area contributed by atoms with E-state index >= 15 is 0 Å². The number of morpholine rings is 1. The fourth-order valence-electron chi connectivity index (χ4n) is 1.90. The lowest BCUT2D eigenvalue weighted by molar-refractivity contribution is -0.00278. The van der Waals surface area contributed by atoms with Crippen LogP contribution in [0.4, 0.5) is 0 Å². The molecule has 0 radical (unpaired) electrons. The van der Waals surface area contributed by atoms with Gasteiger partial charge in [0.05, 0.1) is 24.6 Å². The summed E-state index contributed by atoms with van der Waals surface area (Å²) in [6.07, 6.45) is 2.17. The largest absolute Gasteiger partial charge is 0.375 e. The predicted octanol–water partition coefficient (Wildman–Crippen LogP) is 0.518. The van der Waals surface area contributed by atoms with E-state index in [9.17, 15) is 8.42 Å². The molecule has 0 aromatic carbocycles. The molecule has 0 saturated carbocycles. The molecule has 1 aromatic rings. The summed E-state index contributed by atoms with van der Waals surface area (Å²) < 4.78 is 31.6. The van der Waals surface area contributed by atoms with Gasteiger partial charge in [-0.3, -0.25) is 5.10 Å². The first-order valence-corrected chi connectivity index (χ1v) is 7.11. The molecule has 6 nitrogen and oxygen atoms in total. The van der Waals surface area contributed by atoms with Crippen LogP contribution in [0.2, 0.25) is 0 Å². The molecule has 0 bridgehead atoms. The van der Waals surface area contributed by atoms with Crippen molar-refractivity contribution in [1.29, 1.82) is 0 Å². The van der Waals surface area contributed by atoms with Crippen LogP contribution < -0.4 is 0 Å². The maximum atomic E-state index is 12.3. The Bertz CT molecular complexity index is 483. The molecule has 1 saturated heterocycles. The number of ether oxygens (including phenoxy) is 1. The van der Waals surface area contributed by atoms with Crippen LogP contribution in [-0.2, 0) is 14.8 Å². The lowest BCUT2D eigenvalue weighted by Crippen LogP contribution is -2.45. The van der Waals surface area contributed by atoms with Crippen LogP contribution in [0.15, 0.2) is 11.1 Å². The van der Waals surface area contributed by atoms with E-state index < -0.39 is 10.0 Å². The maximum Gasteiger partial charge on any atom is 0.246 e. The van der Waals surface area contributed by atoms with Gasteiger partial charge in [-0.05, 0) is 13.3 Å². The predicted molar refractivity (Wildman–Crippen MR) is 62.1 cm³/mol. The molecule has 96 valence electrons. The van der Waals surface area contributed by atoms with Gasteiger partial charge in [-0.15, -0.1) is 0 Å². The minimum Gasteiger partial charge on any atom is -0.375 e. The van der Waals surface area contributed by atoms with Crippen LogP contribution in [0.25, 0.3) is 0 Å². The summed E-state index contributed by atoms with van der Waals surface area (Å²) in [4.78, 5) is 0.259. The van der Waals surface area contributed by atoms with E-state index in [4.69, 9.17) is 4.74 Å². The zero-order valence-corrected chi connectivity index (χ0v) is 10.8. The van der Waals surface area contributed by atoms with Gasteiger partial charge >= 0.3 is 0 Å². The summed E-state index contributed by atoms with van der Waals surface area (Å²) >= 11 is 0. The molecule has 7 heteroatoms. The maximum absolute atomic E-state index is 12.3. The van der Waals surface area contributed by atoms with E-state index in [1.54, 1.807) is 6.92 Å². The second-order valence-electron chi connectivity index (χ2n) is 4.12. The highest BCUT2D eigenvalue weighted by atomic mass is 32.2. The van der Waals surface area contributed by atoms with E-state index in [1.807, 2.05) is 6.92 Å². The number of hydrogen-bond acceptors (Lipinski definition) is 4. The summed E-state index contributed by atoms with van der Waals surface area (Å²) in [5, 5.41) is 6.41. The molecule has 2 heterocycles. The highest BCUT2D eigenvalue weighted by Gasteiger charge is 2.31. The number of hydrogen-bond donors (Lipinski definition) is 1. The number of sulfonamides is 1. The molecule has 1 N–H and O–H groups in total. The fourth-order valence-corrected chi connectivity index (χ4v) is 3.47. The van der Waals surface area contributed by atoms with Crippen LogP contribution in [0, 0.1) is 6.92 Å². The number of H-pyrrole nitrogens is 1. The third-order valence-corrected chi connectivity index (χ3v) is 4.94. The molecule has 1 aliphatic rings. The van der Waals surface area contributed by atoms with Gasteiger partial charge in [0.2, 0.25) is 10.0 Å². The van der Waals surface area contributed by atoms with Crippen molar-refractivity contribution in [3.8, 4) is 0 Å². The quantitative estimate of drug-likeness (QED) is 0.858. The van der Waals surface area contributed by atoms with Crippen LogP contribution in [0.5, 0.6) is 0 Å². The SMILES string of the molecule is CCC1CN(S(=O)(=O)c2cn[nH]c2C)CCO1. The number of nitrogens with one attached hydrogen (secondary N) is 1. The molecule has 0 aliphatic carbocycles. The van der Waals surface area contributed by atoms with E-state index in [1.165, 1.54) is 10.5 Å². The van der Waals surface area contributed by atoms with Crippen molar-refractivity contribution in [2.75, 3.05) is 19.7 Å². The highest BCUT2D eigenvalue weighted by molar-refractivity contribution is 7.89. The Morgan fingerprint density at radius 3 is 3.00 bits per heavy atom. The molecule has 1 unspecified atom stereocenters. The first kappa shape index (κ1) is 12.5. The van der Waals surface area contributed by atoms with Gasteiger partial charge in [0.1, 0.15) is 4.90 Å². The van der Waals surface area contributed by atoms with Crippen molar-refractivity contribution in [2.24, 2.45) is 0 Å². The summed E-state index contributed by atoms with van der Waals surface area (Å²) in [5.41, 5.74) is 0.574. The van der Waals surface area contributed by atoms with Gasteiger partial charge in [0.25, 0.3) is 0 Å². The molecule has 1 atom stereocenters. The highest BCUT2D eigenvalue weighted by Crippen LogP contribution is 2.20. The van der Waals surface area contributed by atoms with E-state index in [0.29, 0.717) is 25.4 Å². The second-order valence-corrected chi connectivity index (χ2v) is 6.03. The summed E-state index contributed by atoms with van der Waals surface area (Å²) in [6.45, 7) is 4.98. The number of aromatic amines is 1. The van der Waals surface area contributed by atoms with Crippen molar-refractivity contribution in [2.45, 2.75) is 31.3 Å². The molecule has 0 spiro atoms. The Hall–Kier alpha value is -0.920. The minimum absolute atomic E-state index is 0.00858. The van der Waals surface area contributed by atoms with Crippen molar-refractivity contribution < 1.29 is 13.2 Å². The Kier molecular flexibility index (Phi) is 3.50. The summed E-state index contributed by atoms with van der Waals surface area (Å²) in [5.74, 6) is 0. The Morgan fingerprint density at radius 2 is 2.41 bits per heavy atom. The normalized spacial score (nSPS) is 22.8. The van der Waals surface area contributed by atoms with Gasteiger partial charge in [-0.1, -0.05) is 6.92 Å². The second kappa shape index (κ2) is 4.75. The lowest BCUT2D eigenvalue weighted by atomic mass is 10.2. The van der Waals surface area contributed by atoms with Crippen molar-refractivity contribution in [3.63, 3.8) is 0 Å². The number of aryl methyl sites for hydroxylation is 1. The molecule has 1 fully saturated rings. The molecule has 1 aromatic heterocycles. The van der Waals surface area contributed by atoms with Crippen molar-refractivity contribution >= 4 is 10.0 Å². The number of aromatic nitrogens is 2. The van der Waals surface area contributed by atoms with Gasteiger partial charge in [0, 0.05) is 13.1 Å². The van der Waals surface area contributed by atoms with Crippen molar-refractivity contribution in [1.82, 2.24) is 14.5 Å². The minimum atomic E-state index is -3.43. The molecule has 17 heavy (non-hydrogen) atoms. The van der Waals surface area contributed by atoms with Crippen LogP contribution in [0.1, 0.15) is 19.0 Å². The number of rotatable bonds is 3. The molecular weight excluding hydrogens is 242 g/mol. The first-order chi connectivity index (χ1) is 8.05. The van der Waals surface area contributed by atoms with E-state index in [-0.39, 0.29) is 11.0 Å². The Labute approximate surface area is 101 Å². The average Bonchev–Trinajstić information content (AvgIpc) is 2.76.